The van der Waals surface area contributed by atoms with Gasteiger partial charge < -0.3 is 15.2 Å². The summed E-state index contributed by atoms with van der Waals surface area (Å²) in [5.74, 6) is -0.232. The zero-order valence-electron chi connectivity index (χ0n) is 14.3. The van der Waals surface area contributed by atoms with E-state index in [4.69, 9.17) is 0 Å². The molecule has 1 aromatic carbocycles. The number of hydrogen-bond acceptors (Lipinski definition) is 3. The zero-order valence-corrected chi connectivity index (χ0v) is 14.3. The minimum absolute atomic E-state index is 0.0328. The molecule has 0 bridgehead atoms. The third-order valence-electron chi connectivity index (χ3n) is 3.92. The molecule has 1 amide bonds. The van der Waals surface area contributed by atoms with Crippen molar-refractivity contribution < 1.29 is 9.59 Å². The van der Waals surface area contributed by atoms with Gasteiger partial charge in [-0.15, -0.1) is 0 Å². The van der Waals surface area contributed by atoms with E-state index in [0.717, 1.165) is 16.9 Å². The lowest BCUT2D eigenvalue weighted by molar-refractivity contribution is 0.0945. The summed E-state index contributed by atoms with van der Waals surface area (Å²) >= 11 is 0. The Balaban J connectivity index is 2.08. The van der Waals surface area contributed by atoms with Crippen LogP contribution in [-0.4, -0.2) is 30.8 Å². The van der Waals surface area contributed by atoms with Gasteiger partial charge in [-0.3, -0.25) is 9.59 Å². The molecule has 2 aromatic rings. The SMILES string of the molecule is CC(=O)c1c(C)[nH]c(C(=O)NCc2ccc(N(C)C)cc2)c1C. The van der Waals surface area contributed by atoms with E-state index in [9.17, 15) is 9.59 Å². The molecule has 2 N–H and O–H groups in total. The Morgan fingerprint density at radius 3 is 2.22 bits per heavy atom. The van der Waals surface area contributed by atoms with Crippen LogP contribution in [-0.2, 0) is 6.54 Å². The Bertz CT molecular complexity index is 727. The molecule has 1 heterocycles. The second kappa shape index (κ2) is 6.69. The second-order valence-corrected chi connectivity index (χ2v) is 5.92. The topological polar surface area (TPSA) is 65.2 Å². The Kier molecular flexibility index (Phi) is 4.89. The van der Waals surface area contributed by atoms with E-state index in [-0.39, 0.29) is 11.7 Å². The van der Waals surface area contributed by atoms with E-state index in [2.05, 4.69) is 10.3 Å². The molecule has 0 aliphatic rings. The molecule has 0 fully saturated rings. The highest BCUT2D eigenvalue weighted by Crippen LogP contribution is 2.18. The predicted octanol–water partition coefficient (Wildman–Crippen LogP) is 2.83. The number of rotatable bonds is 5. The fourth-order valence-electron chi connectivity index (χ4n) is 2.69. The van der Waals surface area contributed by atoms with E-state index in [0.29, 0.717) is 23.4 Å². The fourth-order valence-corrected chi connectivity index (χ4v) is 2.69. The van der Waals surface area contributed by atoms with Crippen LogP contribution < -0.4 is 10.2 Å². The number of carbonyl (C=O) groups excluding carboxylic acids is 2. The van der Waals surface area contributed by atoms with E-state index in [1.807, 2.05) is 43.3 Å². The predicted molar refractivity (Wildman–Crippen MR) is 92.2 cm³/mol. The monoisotopic (exact) mass is 313 g/mol. The molecule has 5 heteroatoms. The van der Waals surface area contributed by atoms with Gasteiger partial charge in [0.2, 0.25) is 0 Å². The normalized spacial score (nSPS) is 10.5. The summed E-state index contributed by atoms with van der Waals surface area (Å²) in [5, 5.41) is 2.89. The van der Waals surface area contributed by atoms with Gasteiger partial charge in [0.25, 0.3) is 5.91 Å². The van der Waals surface area contributed by atoms with Crippen LogP contribution in [0.15, 0.2) is 24.3 Å². The standard InChI is InChI=1S/C18H23N3O2/c1-11-16(13(3)22)12(2)20-17(11)18(23)19-10-14-6-8-15(9-7-14)21(4)5/h6-9,20H,10H2,1-5H3,(H,19,23). The molecule has 0 spiro atoms. The van der Waals surface area contributed by atoms with Crippen molar-refractivity contribution in [3.05, 3.63) is 52.3 Å². The van der Waals surface area contributed by atoms with E-state index in [1.54, 1.807) is 13.8 Å². The first-order valence-electron chi connectivity index (χ1n) is 7.55. The largest absolute Gasteiger partial charge is 0.378 e. The quantitative estimate of drug-likeness (QED) is 0.834. The summed E-state index contributed by atoms with van der Waals surface area (Å²) in [7, 11) is 3.97. The molecule has 0 saturated heterocycles. The zero-order chi connectivity index (χ0) is 17.1. The van der Waals surface area contributed by atoms with Gasteiger partial charge in [-0.25, -0.2) is 0 Å². The van der Waals surface area contributed by atoms with Crippen molar-refractivity contribution >= 4 is 17.4 Å². The highest BCUT2D eigenvalue weighted by Gasteiger charge is 2.19. The number of hydrogen-bond donors (Lipinski definition) is 2. The lowest BCUT2D eigenvalue weighted by atomic mass is 10.1. The number of H-pyrrole nitrogens is 1. The molecule has 5 nitrogen and oxygen atoms in total. The molecule has 0 aliphatic heterocycles. The smallest absolute Gasteiger partial charge is 0.268 e. The van der Waals surface area contributed by atoms with Gasteiger partial charge in [-0.1, -0.05) is 12.1 Å². The van der Waals surface area contributed by atoms with Gasteiger partial charge in [0, 0.05) is 37.6 Å². The number of aromatic amines is 1. The molecule has 23 heavy (non-hydrogen) atoms. The van der Waals surface area contributed by atoms with Gasteiger partial charge in [0.15, 0.2) is 5.78 Å². The van der Waals surface area contributed by atoms with Crippen LogP contribution >= 0.6 is 0 Å². The molecule has 122 valence electrons. The molecule has 2 rings (SSSR count). The van der Waals surface area contributed by atoms with Crippen molar-refractivity contribution in [3.63, 3.8) is 0 Å². The molecule has 0 aliphatic carbocycles. The Hall–Kier alpha value is -2.56. The van der Waals surface area contributed by atoms with E-state index in [1.165, 1.54) is 6.92 Å². The summed E-state index contributed by atoms with van der Waals surface area (Å²) in [6.45, 7) is 5.55. The van der Waals surface area contributed by atoms with Crippen LogP contribution in [0.5, 0.6) is 0 Å². The maximum absolute atomic E-state index is 12.3. The maximum atomic E-state index is 12.3. The first kappa shape index (κ1) is 16.8. The Labute approximate surface area is 136 Å². The average molecular weight is 313 g/mol. The Morgan fingerprint density at radius 1 is 1.13 bits per heavy atom. The number of aryl methyl sites for hydroxylation is 1. The number of benzene rings is 1. The molecular formula is C18H23N3O2. The summed E-state index contributed by atoms with van der Waals surface area (Å²) < 4.78 is 0. The van der Waals surface area contributed by atoms with Crippen LogP contribution in [0.3, 0.4) is 0 Å². The number of ketones is 1. The summed E-state index contributed by atoms with van der Waals surface area (Å²) in [4.78, 5) is 29.0. The van der Waals surface area contributed by atoms with Crippen molar-refractivity contribution in [3.8, 4) is 0 Å². The third-order valence-corrected chi connectivity index (χ3v) is 3.92. The summed E-state index contributed by atoms with van der Waals surface area (Å²) in [5.41, 5.74) is 4.63. The van der Waals surface area contributed by atoms with Gasteiger partial charge in [0.05, 0.1) is 0 Å². The molecule has 0 atom stereocenters. The minimum Gasteiger partial charge on any atom is -0.378 e. The second-order valence-electron chi connectivity index (χ2n) is 5.92. The number of aromatic nitrogens is 1. The molecule has 0 unspecified atom stereocenters. The van der Waals surface area contributed by atoms with Gasteiger partial charge in [-0.05, 0) is 44.0 Å². The number of nitrogens with zero attached hydrogens (tertiary/aromatic N) is 1. The van der Waals surface area contributed by atoms with Crippen molar-refractivity contribution in [2.45, 2.75) is 27.3 Å². The van der Waals surface area contributed by atoms with E-state index < -0.39 is 0 Å². The molecule has 0 saturated carbocycles. The molecule has 1 aromatic heterocycles. The highest BCUT2D eigenvalue weighted by molar-refractivity contribution is 6.02. The average Bonchev–Trinajstić information content (AvgIpc) is 2.80. The van der Waals surface area contributed by atoms with Gasteiger partial charge >= 0.3 is 0 Å². The van der Waals surface area contributed by atoms with Crippen LogP contribution in [0.4, 0.5) is 5.69 Å². The number of Topliss-reactive ketones (excluding diaryl/α,β-unsaturated/α-hetero) is 1. The first-order valence-corrected chi connectivity index (χ1v) is 7.55. The van der Waals surface area contributed by atoms with E-state index >= 15 is 0 Å². The number of nitrogens with one attached hydrogen (secondary N) is 2. The number of carbonyl (C=O) groups is 2. The minimum atomic E-state index is -0.199. The third kappa shape index (κ3) is 3.62. The van der Waals surface area contributed by atoms with Gasteiger partial charge in [-0.2, -0.15) is 0 Å². The van der Waals surface area contributed by atoms with Crippen molar-refractivity contribution in [1.82, 2.24) is 10.3 Å². The highest BCUT2D eigenvalue weighted by atomic mass is 16.2. The van der Waals surface area contributed by atoms with Crippen LogP contribution in [0.1, 0.15) is 44.6 Å². The van der Waals surface area contributed by atoms with Crippen molar-refractivity contribution in [2.24, 2.45) is 0 Å². The summed E-state index contributed by atoms with van der Waals surface area (Å²) in [6, 6.07) is 8.01. The molecule has 0 radical (unpaired) electrons. The lowest BCUT2D eigenvalue weighted by Gasteiger charge is -2.13. The summed E-state index contributed by atoms with van der Waals surface area (Å²) in [6.07, 6.45) is 0. The van der Waals surface area contributed by atoms with Crippen LogP contribution in [0.2, 0.25) is 0 Å². The number of amides is 1. The number of anilines is 1. The van der Waals surface area contributed by atoms with Gasteiger partial charge in [0.1, 0.15) is 5.69 Å². The molecular weight excluding hydrogens is 290 g/mol. The van der Waals surface area contributed by atoms with Crippen LogP contribution in [0.25, 0.3) is 0 Å². The first-order chi connectivity index (χ1) is 10.8. The van der Waals surface area contributed by atoms with Crippen LogP contribution in [0, 0.1) is 13.8 Å². The lowest BCUT2D eigenvalue weighted by Crippen LogP contribution is -2.24. The Morgan fingerprint density at radius 2 is 1.74 bits per heavy atom. The van der Waals surface area contributed by atoms with Crippen molar-refractivity contribution in [1.29, 1.82) is 0 Å². The maximum Gasteiger partial charge on any atom is 0.268 e. The fraction of sp³-hybridized carbons (Fsp3) is 0.333. The van der Waals surface area contributed by atoms with Crippen molar-refractivity contribution in [2.75, 3.05) is 19.0 Å².